The average molecular weight is 226 g/mol. The number of hydrogen-bond donors (Lipinski definition) is 2. The highest BCUT2D eigenvalue weighted by Gasteiger charge is 2.35. The monoisotopic (exact) mass is 226 g/mol. The Balaban J connectivity index is 2.39. The fraction of sp³-hybridized carbons (Fsp3) is 0.111. The van der Waals surface area contributed by atoms with E-state index in [0.29, 0.717) is 11.0 Å². The number of alkyl halides is 3. The molecule has 3 heterocycles. The van der Waals surface area contributed by atoms with Crippen LogP contribution in [0, 0.1) is 0 Å². The molecule has 3 aromatic heterocycles. The smallest absolute Gasteiger partial charge is 0.346 e. The third-order valence-corrected chi connectivity index (χ3v) is 2.30. The van der Waals surface area contributed by atoms with Gasteiger partial charge in [-0.15, -0.1) is 0 Å². The molecule has 0 saturated heterocycles. The van der Waals surface area contributed by atoms with Crippen molar-refractivity contribution in [2.24, 2.45) is 0 Å². The molecule has 0 aromatic carbocycles. The fourth-order valence-corrected chi connectivity index (χ4v) is 1.61. The molecule has 0 saturated carbocycles. The van der Waals surface area contributed by atoms with Crippen LogP contribution >= 0.6 is 0 Å². The van der Waals surface area contributed by atoms with Gasteiger partial charge < -0.3 is 9.97 Å². The lowest BCUT2D eigenvalue weighted by molar-refractivity contribution is -0.144. The molecule has 0 fully saturated rings. The Morgan fingerprint density at radius 1 is 1.25 bits per heavy atom. The van der Waals surface area contributed by atoms with Gasteiger partial charge in [0.2, 0.25) is 5.82 Å². The van der Waals surface area contributed by atoms with E-state index in [9.17, 15) is 13.2 Å². The van der Waals surface area contributed by atoms with Crippen molar-refractivity contribution in [1.82, 2.24) is 19.9 Å². The van der Waals surface area contributed by atoms with Crippen LogP contribution in [0.1, 0.15) is 5.82 Å². The second-order valence-corrected chi connectivity index (χ2v) is 3.34. The van der Waals surface area contributed by atoms with Gasteiger partial charge >= 0.3 is 6.18 Å². The summed E-state index contributed by atoms with van der Waals surface area (Å²) in [5.74, 6) is -1.00. The lowest BCUT2D eigenvalue weighted by Gasteiger charge is -1.98. The van der Waals surface area contributed by atoms with Gasteiger partial charge in [0, 0.05) is 11.6 Å². The number of halogens is 3. The molecule has 4 nitrogen and oxygen atoms in total. The van der Waals surface area contributed by atoms with E-state index >= 15 is 0 Å². The number of H-pyrrole nitrogens is 2. The topological polar surface area (TPSA) is 57.4 Å². The Morgan fingerprint density at radius 3 is 2.81 bits per heavy atom. The predicted molar refractivity (Wildman–Crippen MR) is 50.7 cm³/mol. The zero-order chi connectivity index (χ0) is 11.3. The highest BCUT2D eigenvalue weighted by molar-refractivity contribution is 6.00. The van der Waals surface area contributed by atoms with Crippen molar-refractivity contribution in [3.05, 3.63) is 24.3 Å². The van der Waals surface area contributed by atoms with E-state index in [2.05, 4.69) is 19.9 Å². The van der Waals surface area contributed by atoms with Gasteiger partial charge in [-0.3, -0.25) is 0 Å². The first-order chi connectivity index (χ1) is 7.55. The highest BCUT2D eigenvalue weighted by Crippen LogP contribution is 2.30. The molecular formula is C9H5F3N4. The van der Waals surface area contributed by atoms with Crippen LogP contribution in [0.3, 0.4) is 0 Å². The van der Waals surface area contributed by atoms with Crippen molar-refractivity contribution in [2.45, 2.75) is 6.18 Å². The van der Waals surface area contributed by atoms with E-state index in [0.717, 1.165) is 0 Å². The molecule has 0 radical (unpaired) electrons. The second-order valence-electron chi connectivity index (χ2n) is 3.34. The SMILES string of the molecule is FC(F)(F)c1nc2c(cnc3[nH]ccc32)[nH]1. The van der Waals surface area contributed by atoms with Gasteiger partial charge in [0.1, 0.15) is 11.2 Å². The minimum Gasteiger partial charge on any atom is -0.346 e. The molecule has 7 heteroatoms. The number of rotatable bonds is 0. The number of fused-ring (bicyclic) bond motifs is 3. The third kappa shape index (κ3) is 1.17. The summed E-state index contributed by atoms with van der Waals surface area (Å²) >= 11 is 0. The molecular weight excluding hydrogens is 221 g/mol. The predicted octanol–water partition coefficient (Wildman–Crippen LogP) is 2.46. The Morgan fingerprint density at radius 2 is 2.06 bits per heavy atom. The summed E-state index contributed by atoms with van der Waals surface area (Å²) in [6, 6.07) is 1.64. The number of nitrogens with zero attached hydrogens (tertiary/aromatic N) is 2. The Bertz CT molecular complexity index is 664. The van der Waals surface area contributed by atoms with Crippen LogP contribution in [0.2, 0.25) is 0 Å². The van der Waals surface area contributed by atoms with Crippen molar-refractivity contribution in [3.63, 3.8) is 0 Å². The van der Waals surface area contributed by atoms with Crippen LogP contribution in [0.4, 0.5) is 13.2 Å². The molecule has 0 bridgehead atoms. The first-order valence-corrected chi connectivity index (χ1v) is 4.45. The molecule has 3 aromatic rings. The van der Waals surface area contributed by atoms with Gasteiger partial charge in [0.15, 0.2) is 0 Å². The molecule has 82 valence electrons. The van der Waals surface area contributed by atoms with Crippen molar-refractivity contribution < 1.29 is 13.2 Å². The van der Waals surface area contributed by atoms with Crippen LogP contribution in [0.15, 0.2) is 18.5 Å². The van der Waals surface area contributed by atoms with Gasteiger partial charge in [-0.1, -0.05) is 0 Å². The fourth-order valence-electron chi connectivity index (χ4n) is 1.61. The maximum Gasteiger partial charge on any atom is 0.449 e. The first-order valence-electron chi connectivity index (χ1n) is 4.45. The van der Waals surface area contributed by atoms with Crippen LogP contribution in [0.5, 0.6) is 0 Å². The van der Waals surface area contributed by atoms with Crippen molar-refractivity contribution in [3.8, 4) is 0 Å². The van der Waals surface area contributed by atoms with E-state index in [1.165, 1.54) is 6.20 Å². The molecule has 0 aliphatic rings. The Kier molecular flexibility index (Phi) is 1.58. The summed E-state index contributed by atoms with van der Waals surface area (Å²) in [5.41, 5.74) is 1.07. The molecule has 2 N–H and O–H groups in total. The summed E-state index contributed by atoms with van der Waals surface area (Å²) in [5, 5.41) is 0.573. The minimum absolute atomic E-state index is 0.276. The van der Waals surface area contributed by atoms with Crippen molar-refractivity contribution in [2.75, 3.05) is 0 Å². The highest BCUT2D eigenvalue weighted by atomic mass is 19.4. The number of aromatic nitrogens is 4. The Hall–Kier alpha value is -2.05. The molecule has 0 amide bonds. The first kappa shape index (κ1) is 9.20. The molecule has 0 aliphatic carbocycles. The maximum atomic E-state index is 12.4. The van der Waals surface area contributed by atoms with Gasteiger partial charge in [0.05, 0.1) is 11.7 Å². The van der Waals surface area contributed by atoms with E-state index < -0.39 is 12.0 Å². The quantitative estimate of drug-likeness (QED) is 0.618. The van der Waals surface area contributed by atoms with Crippen LogP contribution in [0.25, 0.3) is 22.1 Å². The van der Waals surface area contributed by atoms with Gasteiger partial charge in [-0.2, -0.15) is 13.2 Å². The second kappa shape index (κ2) is 2.75. The van der Waals surface area contributed by atoms with E-state index in [1.807, 2.05) is 0 Å². The average Bonchev–Trinajstić information content (AvgIpc) is 2.81. The molecule has 0 unspecified atom stereocenters. The lowest BCUT2D eigenvalue weighted by atomic mass is 10.3. The van der Waals surface area contributed by atoms with E-state index in [1.54, 1.807) is 12.3 Å². The minimum atomic E-state index is -4.47. The number of nitrogens with one attached hydrogen (secondary N) is 2. The molecule has 3 rings (SSSR count). The van der Waals surface area contributed by atoms with Gasteiger partial charge in [0.25, 0.3) is 0 Å². The summed E-state index contributed by atoms with van der Waals surface area (Å²) in [7, 11) is 0. The number of imidazole rings is 1. The lowest BCUT2D eigenvalue weighted by Crippen LogP contribution is -2.06. The van der Waals surface area contributed by atoms with E-state index in [-0.39, 0.29) is 11.0 Å². The number of pyridine rings is 1. The molecule has 16 heavy (non-hydrogen) atoms. The normalized spacial score (nSPS) is 12.7. The summed E-state index contributed by atoms with van der Waals surface area (Å²) in [4.78, 5) is 12.5. The largest absolute Gasteiger partial charge is 0.449 e. The Labute approximate surface area is 86.5 Å². The molecule has 0 spiro atoms. The number of hydrogen-bond acceptors (Lipinski definition) is 2. The summed E-state index contributed by atoms with van der Waals surface area (Å²) in [6.07, 6.45) is -1.53. The van der Waals surface area contributed by atoms with Crippen LogP contribution in [-0.2, 0) is 6.18 Å². The van der Waals surface area contributed by atoms with Crippen LogP contribution in [-0.4, -0.2) is 19.9 Å². The summed E-state index contributed by atoms with van der Waals surface area (Å²) in [6.45, 7) is 0. The zero-order valence-electron chi connectivity index (χ0n) is 7.76. The number of aromatic amines is 2. The third-order valence-electron chi connectivity index (χ3n) is 2.30. The molecule has 0 atom stereocenters. The van der Waals surface area contributed by atoms with Crippen molar-refractivity contribution in [1.29, 1.82) is 0 Å². The molecule has 0 aliphatic heterocycles. The maximum absolute atomic E-state index is 12.4. The standard InChI is InChI=1S/C9H5F3N4/c10-9(11,12)8-15-5-3-14-7-4(1-2-13-7)6(5)16-8/h1-3H,(H,13,14)(H,15,16). The zero-order valence-corrected chi connectivity index (χ0v) is 7.76. The van der Waals surface area contributed by atoms with E-state index in [4.69, 9.17) is 0 Å². The van der Waals surface area contributed by atoms with Crippen LogP contribution < -0.4 is 0 Å². The van der Waals surface area contributed by atoms with Gasteiger partial charge in [-0.05, 0) is 6.07 Å². The van der Waals surface area contributed by atoms with Crippen molar-refractivity contribution >= 4 is 22.1 Å². The van der Waals surface area contributed by atoms with Gasteiger partial charge in [-0.25, -0.2) is 9.97 Å². The summed E-state index contributed by atoms with van der Waals surface area (Å²) < 4.78 is 37.3.